The summed E-state index contributed by atoms with van der Waals surface area (Å²) in [4.78, 5) is 86.2. The van der Waals surface area contributed by atoms with Gasteiger partial charge < -0.3 is 44.0 Å². The maximum absolute atomic E-state index is 15.5. The molecule has 1 heterocycles. The Morgan fingerprint density at radius 2 is 1.50 bits per heavy atom. The van der Waals surface area contributed by atoms with Crippen LogP contribution in [0, 0.1) is 22.7 Å². The van der Waals surface area contributed by atoms with Crippen molar-refractivity contribution in [2.45, 2.75) is 140 Å². The molecule has 3 aromatic carbocycles. The second-order valence-corrected chi connectivity index (χ2v) is 22.9. The summed E-state index contributed by atoms with van der Waals surface area (Å²) in [6.07, 6.45) is -0.479. The molecular weight excluding hydrogens is 987 g/mol. The monoisotopic (exact) mass is 1060 g/mol. The molecule has 1 unspecified atom stereocenters. The molecule has 1 amide bonds. The number of ketones is 1. The van der Waals surface area contributed by atoms with Crippen molar-refractivity contribution in [1.82, 2.24) is 5.32 Å². The fourth-order valence-corrected chi connectivity index (χ4v) is 13.5. The van der Waals surface area contributed by atoms with Gasteiger partial charge in [-0.2, -0.15) is 23.5 Å². The third-order valence-corrected chi connectivity index (χ3v) is 17.9. The Morgan fingerprint density at radius 3 is 2.09 bits per heavy atom. The van der Waals surface area contributed by atoms with Gasteiger partial charge in [0.05, 0.1) is 36.2 Å². The number of thioether (sulfide) groups is 2. The van der Waals surface area contributed by atoms with Gasteiger partial charge in [0.2, 0.25) is 6.10 Å². The summed E-state index contributed by atoms with van der Waals surface area (Å²) < 4.78 is 36.7. The normalized spacial score (nSPS) is 29.0. The smallest absolute Gasteiger partial charge is 0.455 e. The maximum atomic E-state index is 15.5. The van der Waals surface area contributed by atoms with Crippen molar-refractivity contribution in [1.29, 1.82) is 0 Å². The van der Waals surface area contributed by atoms with E-state index in [4.69, 9.17) is 28.4 Å². The largest absolute Gasteiger partial charge is 0.509 e. The topological polar surface area (TPSA) is 210 Å². The number of amides is 1. The van der Waals surface area contributed by atoms with Crippen molar-refractivity contribution in [3.8, 4) is 0 Å². The molecule has 400 valence electrons. The number of esters is 3. The molecule has 74 heavy (non-hydrogen) atoms. The summed E-state index contributed by atoms with van der Waals surface area (Å²) >= 11 is 3.67. The SMILES string of the molecule is CSCCC(CCCCCOC(=O)O[C@@H](C(=O)O[C@H]1C[C@@]2(O)[C@@H](OC(=O)c3ccccc3)[C@@H]3[C@]4(OC(C)=O)CO[C@@H]4C[C@H](O)[C@@]3(C)C(=O)[C@H](C)C(=C1C)C2(C)C)[C@@H](NC(=O)c1ccccc1)c1ccccc1)SC. The van der Waals surface area contributed by atoms with Crippen molar-refractivity contribution in [2.24, 2.45) is 22.7 Å². The predicted octanol–water partition coefficient (Wildman–Crippen LogP) is 8.65. The first-order chi connectivity index (χ1) is 35.2. The number of aliphatic hydroxyl groups excluding tert-OH is 1. The zero-order valence-corrected chi connectivity index (χ0v) is 45.2. The first-order valence-corrected chi connectivity index (χ1v) is 28.1. The van der Waals surface area contributed by atoms with Crippen LogP contribution in [0.5, 0.6) is 0 Å². The molecule has 3 aromatic rings. The molecule has 3 N–H and O–H groups in total. The Kier molecular flexibility index (Phi) is 18.2. The number of ether oxygens (including phenoxy) is 6. The van der Waals surface area contributed by atoms with E-state index in [0.717, 1.165) is 31.4 Å². The van der Waals surface area contributed by atoms with Crippen molar-refractivity contribution >= 4 is 59.3 Å². The quantitative estimate of drug-likeness (QED) is 0.0418. The second kappa shape index (κ2) is 23.8. The van der Waals surface area contributed by atoms with Gasteiger partial charge in [0.25, 0.3) is 5.91 Å². The van der Waals surface area contributed by atoms with Crippen molar-refractivity contribution in [3.63, 3.8) is 0 Å². The zero-order chi connectivity index (χ0) is 53.6. The molecule has 0 aromatic heterocycles. The average Bonchev–Trinajstić information content (AvgIpc) is 3.39. The molecule has 12 atom stereocenters. The molecule has 2 saturated carbocycles. The van der Waals surface area contributed by atoms with Gasteiger partial charge in [-0.05, 0) is 92.3 Å². The van der Waals surface area contributed by atoms with Crippen LogP contribution in [0.25, 0.3) is 0 Å². The first kappa shape index (κ1) is 56.5. The van der Waals surface area contributed by atoms with E-state index < -0.39 is 113 Å². The first-order valence-electron chi connectivity index (χ1n) is 25.4. The third-order valence-electron chi connectivity index (χ3n) is 16.1. The summed E-state index contributed by atoms with van der Waals surface area (Å²) in [5.74, 6) is -5.18. The number of benzene rings is 3. The molecule has 1 aliphatic heterocycles. The van der Waals surface area contributed by atoms with E-state index >= 15 is 9.59 Å². The molecule has 0 radical (unpaired) electrons. The van der Waals surface area contributed by atoms with Crippen LogP contribution >= 0.6 is 23.5 Å². The Labute approximate surface area is 442 Å². The molecule has 0 spiro atoms. The standard InChI is InChI=1S/C57H71NO14S2/c1-34-41(69-52(64)46(70-53(65)67-29-20-12-19-27-40(74-8)28-30-73-7)45(37-21-13-9-14-22-37)58-50(62)38-23-15-10-16-24-38)32-57(66)49(71-51(63)39-25-17-11-18-26-39)47-55(6,48(61)35(2)44(34)54(57,4)5)42(60)31-43-56(47,33-68-43)72-36(3)59/h9-11,13-18,21-26,35,40-43,45-47,49,60,66H,12,19-20,27-33H2,1-8H3,(H,58,62)/t35-,40?,41+,42+,43-,45+,46-,47+,49+,55-,56+,57-/m1/s1. The van der Waals surface area contributed by atoms with Gasteiger partial charge >= 0.3 is 24.1 Å². The summed E-state index contributed by atoms with van der Waals surface area (Å²) in [7, 11) is 0. The summed E-state index contributed by atoms with van der Waals surface area (Å²) in [6, 6.07) is 23.5. The van der Waals surface area contributed by atoms with Gasteiger partial charge in [0.1, 0.15) is 35.7 Å². The van der Waals surface area contributed by atoms with Gasteiger partial charge in [-0.15, -0.1) is 0 Å². The minimum Gasteiger partial charge on any atom is -0.455 e. The van der Waals surface area contributed by atoms with Crippen LogP contribution in [-0.2, 0) is 42.8 Å². The lowest BCUT2D eigenvalue weighted by Crippen LogP contribution is -2.81. The molecule has 2 bridgehead atoms. The summed E-state index contributed by atoms with van der Waals surface area (Å²) in [5, 5.41) is 29.5. The number of carbonyl (C=O) groups is 6. The minimum absolute atomic E-state index is 0.00218. The van der Waals surface area contributed by atoms with Crippen LogP contribution in [0.15, 0.2) is 102 Å². The van der Waals surface area contributed by atoms with E-state index in [0.29, 0.717) is 28.4 Å². The number of carbonyl (C=O) groups excluding carboxylic acids is 6. The number of rotatable bonds is 20. The van der Waals surface area contributed by atoms with Gasteiger partial charge in [-0.25, -0.2) is 14.4 Å². The zero-order valence-electron chi connectivity index (χ0n) is 43.5. The van der Waals surface area contributed by atoms with Crippen molar-refractivity contribution < 1.29 is 67.4 Å². The van der Waals surface area contributed by atoms with Crippen molar-refractivity contribution in [2.75, 3.05) is 31.5 Å². The van der Waals surface area contributed by atoms with Crippen LogP contribution < -0.4 is 5.32 Å². The van der Waals surface area contributed by atoms with Crippen molar-refractivity contribution in [3.05, 3.63) is 119 Å². The highest BCUT2D eigenvalue weighted by atomic mass is 32.2. The lowest BCUT2D eigenvalue weighted by molar-refractivity contribution is -0.345. The molecule has 15 nitrogen and oxygen atoms in total. The Hall–Kier alpha value is -5.20. The van der Waals surface area contributed by atoms with E-state index in [9.17, 15) is 29.4 Å². The van der Waals surface area contributed by atoms with Crippen LogP contribution in [0.2, 0.25) is 0 Å². The van der Waals surface area contributed by atoms with E-state index in [1.807, 2.05) is 23.5 Å². The Bertz CT molecular complexity index is 2530. The van der Waals surface area contributed by atoms with E-state index in [-0.39, 0.29) is 30.8 Å². The predicted molar refractivity (Wildman–Crippen MR) is 280 cm³/mol. The highest BCUT2D eigenvalue weighted by Gasteiger charge is 2.77. The van der Waals surface area contributed by atoms with E-state index in [2.05, 4.69) is 17.8 Å². The number of fused-ring (bicyclic) bond motifs is 5. The molecule has 17 heteroatoms. The fourth-order valence-electron chi connectivity index (χ4n) is 12.1. The number of hydrogen-bond donors (Lipinski definition) is 3. The number of hydrogen-bond acceptors (Lipinski definition) is 16. The highest BCUT2D eigenvalue weighted by Crippen LogP contribution is 2.65. The molecule has 3 aliphatic carbocycles. The third kappa shape index (κ3) is 11.2. The van der Waals surface area contributed by atoms with Gasteiger partial charge in [-0.3, -0.25) is 14.4 Å². The van der Waals surface area contributed by atoms with Gasteiger partial charge in [0.15, 0.2) is 5.60 Å². The maximum Gasteiger partial charge on any atom is 0.509 e. The average molecular weight is 1060 g/mol. The highest BCUT2D eigenvalue weighted by molar-refractivity contribution is 7.99. The van der Waals surface area contributed by atoms with E-state index in [1.165, 1.54) is 19.1 Å². The Morgan fingerprint density at radius 1 is 0.865 bits per heavy atom. The van der Waals surface area contributed by atoms with Gasteiger partial charge in [0, 0.05) is 41.9 Å². The summed E-state index contributed by atoms with van der Waals surface area (Å²) in [6.45, 7) is 9.29. The molecular formula is C57H71NO14S2. The van der Waals surface area contributed by atoms with Gasteiger partial charge in [-0.1, -0.05) is 100 Å². The Balaban J connectivity index is 1.29. The molecule has 3 fully saturated rings. The van der Waals surface area contributed by atoms with E-state index in [1.54, 1.807) is 113 Å². The number of aliphatic hydroxyl groups is 2. The minimum atomic E-state index is -2.26. The van der Waals surface area contributed by atoms with Crippen LogP contribution in [-0.4, -0.2) is 124 Å². The number of Topliss-reactive ketones (excluding diaryl/α,β-unsaturated/α-hetero) is 1. The fraction of sp³-hybridized carbons (Fsp3) is 0.544. The number of nitrogens with one attached hydrogen (secondary N) is 1. The van der Waals surface area contributed by atoms with Crippen LogP contribution in [0.4, 0.5) is 4.79 Å². The van der Waals surface area contributed by atoms with Crippen LogP contribution in [0.3, 0.4) is 0 Å². The molecule has 7 rings (SSSR count). The lowest BCUT2D eigenvalue weighted by Gasteiger charge is -2.67. The van der Waals surface area contributed by atoms with Crippen LogP contribution in [0.1, 0.15) is 119 Å². The molecule has 4 aliphatic rings. The lowest BCUT2D eigenvalue weighted by atomic mass is 9.43. The number of unbranched alkanes of at least 4 members (excludes halogenated alkanes) is 2. The second-order valence-electron chi connectivity index (χ2n) is 20.8. The molecule has 1 saturated heterocycles. The summed E-state index contributed by atoms with van der Waals surface area (Å²) in [5.41, 5.74) is -5.67.